The van der Waals surface area contributed by atoms with Crippen molar-refractivity contribution in [1.82, 2.24) is 0 Å². The second-order valence-electron chi connectivity index (χ2n) is 7.92. The highest BCUT2D eigenvalue weighted by molar-refractivity contribution is 6.33. The van der Waals surface area contributed by atoms with Crippen LogP contribution in [0.5, 0.6) is 0 Å². The van der Waals surface area contributed by atoms with E-state index in [2.05, 4.69) is 93.3 Å². The second kappa shape index (κ2) is 10.5. The van der Waals surface area contributed by atoms with E-state index in [0.29, 0.717) is 0 Å². The molecule has 4 aromatic rings. The third kappa shape index (κ3) is 6.76. The average Bonchev–Trinajstić information content (AvgIpc) is 2.77. The average molecular weight is 398 g/mol. The minimum absolute atomic E-state index is 0.792. The van der Waals surface area contributed by atoms with Crippen molar-refractivity contribution in [3.05, 3.63) is 124 Å². The number of hydrogen-bond donors (Lipinski definition) is 0. The first kappa shape index (κ1) is 22.2. The second-order valence-corrected chi connectivity index (χ2v) is 7.92. The maximum atomic E-state index is 5.84. The normalized spacial score (nSPS) is 9.81. The number of rotatable bonds is 1. The first-order valence-corrected chi connectivity index (χ1v) is 10.5. The van der Waals surface area contributed by atoms with E-state index in [1.54, 1.807) is 0 Å². The van der Waals surface area contributed by atoms with Crippen molar-refractivity contribution in [2.45, 2.75) is 27.7 Å². The first-order valence-electron chi connectivity index (χ1n) is 10.5. The first-order chi connectivity index (χ1) is 14.9. The Bertz CT molecular complexity index is 1140. The highest BCUT2D eigenvalue weighted by Gasteiger charge is 1.95. The van der Waals surface area contributed by atoms with E-state index in [0.717, 1.165) is 22.2 Å². The third-order valence-corrected chi connectivity index (χ3v) is 5.12. The molecule has 0 spiro atoms. The van der Waals surface area contributed by atoms with Gasteiger partial charge < -0.3 is 0 Å². The lowest BCUT2D eigenvalue weighted by molar-refractivity contribution is 1.45. The minimum atomic E-state index is 0.792. The van der Waals surface area contributed by atoms with Gasteiger partial charge in [0.15, 0.2) is 0 Å². The van der Waals surface area contributed by atoms with Crippen molar-refractivity contribution in [3.63, 3.8) is 0 Å². The van der Waals surface area contributed by atoms with E-state index in [1.807, 2.05) is 37.3 Å². The zero-order chi connectivity index (χ0) is 22.2. The minimum Gasteiger partial charge on any atom is -0.0926 e. The van der Waals surface area contributed by atoms with Crippen molar-refractivity contribution in [3.8, 4) is 23.0 Å². The van der Waals surface area contributed by atoms with Gasteiger partial charge in [0.05, 0.1) is 0 Å². The van der Waals surface area contributed by atoms with Gasteiger partial charge in [-0.2, -0.15) is 0 Å². The highest BCUT2D eigenvalue weighted by atomic mass is 14.0. The summed E-state index contributed by atoms with van der Waals surface area (Å²) in [7, 11) is 5.84. The molecular weight excluding hydrogens is 371 g/mol. The monoisotopic (exact) mass is 398 g/mol. The van der Waals surface area contributed by atoms with Crippen molar-refractivity contribution in [1.29, 1.82) is 0 Å². The van der Waals surface area contributed by atoms with Gasteiger partial charge in [-0.05, 0) is 57.0 Å². The van der Waals surface area contributed by atoms with Crippen LogP contribution in [0.15, 0.2) is 91.0 Å². The van der Waals surface area contributed by atoms with Crippen LogP contribution in [0.3, 0.4) is 0 Å². The fourth-order valence-corrected chi connectivity index (χ4v) is 2.99. The molecule has 0 unspecified atom stereocenters. The molecule has 0 saturated carbocycles. The summed E-state index contributed by atoms with van der Waals surface area (Å²) in [5.41, 5.74) is 10.3. The van der Waals surface area contributed by atoms with E-state index < -0.39 is 0 Å². The molecular formula is C30H27B. The summed E-state index contributed by atoms with van der Waals surface area (Å²) in [5.74, 6) is 6.25. The lowest BCUT2D eigenvalue weighted by Gasteiger charge is -2.02. The van der Waals surface area contributed by atoms with Crippen molar-refractivity contribution in [2.24, 2.45) is 0 Å². The molecule has 4 rings (SSSR count). The number of benzene rings is 4. The molecule has 31 heavy (non-hydrogen) atoms. The molecule has 1 heteroatoms. The van der Waals surface area contributed by atoms with Crippen LogP contribution in [0, 0.1) is 39.5 Å². The molecule has 0 nitrogen and oxygen atoms in total. The third-order valence-electron chi connectivity index (χ3n) is 5.12. The Morgan fingerprint density at radius 2 is 0.871 bits per heavy atom. The lowest BCUT2D eigenvalue weighted by Crippen LogP contribution is -2.06. The molecule has 0 aliphatic carbocycles. The molecule has 0 aliphatic heterocycles. The Balaban J connectivity index is 0.000000179. The summed E-state index contributed by atoms with van der Waals surface area (Å²) in [6, 6.07) is 31.3. The molecule has 0 bridgehead atoms. The molecule has 0 aliphatic rings. The molecule has 150 valence electrons. The van der Waals surface area contributed by atoms with Crippen molar-refractivity contribution in [2.75, 3.05) is 0 Å². The highest BCUT2D eigenvalue weighted by Crippen LogP contribution is 2.19. The predicted molar refractivity (Wildman–Crippen MR) is 135 cm³/mol. The van der Waals surface area contributed by atoms with Gasteiger partial charge in [-0.1, -0.05) is 112 Å². The van der Waals surface area contributed by atoms with E-state index in [1.165, 1.54) is 27.8 Å². The summed E-state index contributed by atoms with van der Waals surface area (Å²) in [6.07, 6.45) is 0. The van der Waals surface area contributed by atoms with Crippen LogP contribution >= 0.6 is 0 Å². The smallest absolute Gasteiger partial charge is 0.0926 e. The Labute approximate surface area is 188 Å². The Hall–Kier alpha value is -3.50. The van der Waals surface area contributed by atoms with Gasteiger partial charge in [0, 0.05) is 11.1 Å². The van der Waals surface area contributed by atoms with Crippen LogP contribution in [0.4, 0.5) is 0 Å². The Morgan fingerprint density at radius 3 is 1.32 bits per heavy atom. The Morgan fingerprint density at radius 1 is 0.484 bits per heavy atom. The zero-order valence-electron chi connectivity index (χ0n) is 18.7. The number of aryl methyl sites for hydroxylation is 4. The van der Waals surface area contributed by atoms with Crippen LogP contribution in [-0.4, -0.2) is 7.85 Å². The van der Waals surface area contributed by atoms with Crippen LogP contribution in [0.1, 0.15) is 33.4 Å². The Kier molecular flexibility index (Phi) is 7.52. The number of hydrogen-bond acceptors (Lipinski definition) is 0. The van der Waals surface area contributed by atoms with Gasteiger partial charge in [-0.15, -0.1) is 0 Å². The summed E-state index contributed by atoms with van der Waals surface area (Å²) in [4.78, 5) is 0. The topological polar surface area (TPSA) is 0 Å². The quantitative estimate of drug-likeness (QED) is 0.255. The standard InChI is InChI=1S/C16H13B.C14H14/c1-12-3-6-14(7-4-12)9-10-15-8-5-13(2)16(17)11-15;1-11-3-7-13(8-4-11)14-9-5-12(2)6-10-14/h3-8,11H,1-2H3;3-10H,1-2H3. The van der Waals surface area contributed by atoms with Crippen LogP contribution in [0.2, 0.25) is 0 Å². The van der Waals surface area contributed by atoms with Crippen molar-refractivity contribution >= 4 is 13.3 Å². The van der Waals surface area contributed by atoms with Gasteiger partial charge >= 0.3 is 0 Å². The van der Waals surface area contributed by atoms with E-state index in [-0.39, 0.29) is 0 Å². The summed E-state index contributed by atoms with van der Waals surface area (Å²) >= 11 is 0. The van der Waals surface area contributed by atoms with Crippen LogP contribution < -0.4 is 5.46 Å². The fraction of sp³-hybridized carbons (Fsp3) is 0.133. The van der Waals surface area contributed by atoms with Gasteiger partial charge in [0.2, 0.25) is 0 Å². The summed E-state index contributed by atoms with van der Waals surface area (Å²) in [6.45, 7) is 8.28. The molecule has 4 aromatic carbocycles. The molecule has 0 atom stereocenters. The zero-order valence-corrected chi connectivity index (χ0v) is 18.7. The van der Waals surface area contributed by atoms with E-state index in [4.69, 9.17) is 7.85 Å². The molecule has 0 heterocycles. The summed E-state index contributed by atoms with van der Waals surface area (Å²) in [5, 5.41) is 0. The predicted octanol–water partition coefficient (Wildman–Crippen LogP) is 6.47. The summed E-state index contributed by atoms with van der Waals surface area (Å²) < 4.78 is 0. The SMILES string of the molecule is Cc1ccc(-c2ccc(C)cc2)cc1.[B]c1cc(C#Cc2ccc(C)cc2)ccc1C. The van der Waals surface area contributed by atoms with E-state index >= 15 is 0 Å². The molecule has 0 N–H and O–H groups in total. The van der Waals surface area contributed by atoms with Gasteiger partial charge in [-0.25, -0.2) is 0 Å². The fourth-order valence-electron chi connectivity index (χ4n) is 2.99. The maximum Gasteiger partial charge on any atom is 0.114 e. The van der Waals surface area contributed by atoms with Gasteiger partial charge in [-0.3, -0.25) is 0 Å². The largest absolute Gasteiger partial charge is 0.114 e. The lowest BCUT2D eigenvalue weighted by atomic mass is 9.90. The van der Waals surface area contributed by atoms with Crippen LogP contribution in [-0.2, 0) is 0 Å². The molecule has 0 saturated heterocycles. The van der Waals surface area contributed by atoms with Gasteiger partial charge in [0.1, 0.15) is 7.85 Å². The molecule has 0 fully saturated rings. The molecule has 2 radical (unpaired) electrons. The van der Waals surface area contributed by atoms with E-state index in [9.17, 15) is 0 Å². The molecule has 0 amide bonds. The van der Waals surface area contributed by atoms with Gasteiger partial charge in [0.25, 0.3) is 0 Å². The molecule has 0 aromatic heterocycles. The van der Waals surface area contributed by atoms with Crippen molar-refractivity contribution < 1.29 is 0 Å². The maximum absolute atomic E-state index is 5.84. The van der Waals surface area contributed by atoms with Crippen LogP contribution in [0.25, 0.3) is 11.1 Å².